The molecule has 0 aliphatic carbocycles. The van der Waals surface area contributed by atoms with Crippen LogP contribution in [0.5, 0.6) is 0 Å². The van der Waals surface area contributed by atoms with Gasteiger partial charge in [0.2, 0.25) is 0 Å². The summed E-state index contributed by atoms with van der Waals surface area (Å²) in [6.07, 6.45) is 3.84. The van der Waals surface area contributed by atoms with Crippen LogP contribution in [0.15, 0.2) is 11.4 Å². The molecule has 1 aliphatic rings. The van der Waals surface area contributed by atoms with Gasteiger partial charge in [0.25, 0.3) is 0 Å². The molecule has 0 spiro atoms. The van der Waals surface area contributed by atoms with Crippen molar-refractivity contribution in [1.29, 1.82) is 0 Å². The monoisotopic (exact) mass is 280 g/mol. The van der Waals surface area contributed by atoms with Gasteiger partial charge in [0.05, 0.1) is 0 Å². The van der Waals surface area contributed by atoms with Gasteiger partial charge in [-0.05, 0) is 42.3 Å². The molecule has 0 radical (unpaired) electrons. The molecular formula is C16H28N2S. The molecule has 0 bridgehead atoms. The maximum absolute atomic E-state index is 3.65. The minimum atomic E-state index is 0.705. The summed E-state index contributed by atoms with van der Waals surface area (Å²) < 4.78 is 0. The number of hydrogen-bond donors (Lipinski definition) is 1. The molecule has 2 rings (SSSR count). The van der Waals surface area contributed by atoms with E-state index in [1.54, 1.807) is 10.4 Å². The number of thiophene rings is 1. The Hall–Kier alpha value is -0.380. The van der Waals surface area contributed by atoms with Crippen molar-refractivity contribution in [1.82, 2.24) is 10.2 Å². The second kappa shape index (κ2) is 7.41. The fourth-order valence-corrected chi connectivity index (χ4v) is 3.76. The van der Waals surface area contributed by atoms with E-state index in [4.69, 9.17) is 0 Å². The fraction of sp³-hybridized carbons (Fsp3) is 0.750. The van der Waals surface area contributed by atoms with Gasteiger partial charge in [-0.15, -0.1) is 11.3 Å². The van der Waals surface area contributed by atoms with Crippen molar-refractivity contribution in [3.05, 3.63) is 21.9 Å². The molecule has 19 heavy (non-hydrogen) atoms. The molecule has 2 heterocycles. The molecule has 3 heteroatoms. The van der Waals surface area contributed by atoms with Gasteiger partial charge >= 0.3 is 0 Å². The first-order valence-corrected chi connectivity index (χ1v) is 8.58. The van der Waals surface area contributed by atoms with E-state index in [9.17, 15) is 0 Å². The van der Waals surface area contributed by atoms with Crippen molar-refractivity contribution in [2.45, 2.75) is 52.6 Å². The van der Waals surface area contributed by atoms with Crippen molar-refractivity contribution in [3.8, 4) is 0 Å². The van der Waals surface area contributed by atoms with Crippen LogP contribution in [0.2, 0.25) is 0 Å². The van der Waals surface area contributed by atoms with Crippen molar-refractivity contribution in [2.24, 2.45) is 5.92 Å². The summed E-state index contributed by atoms with van der Waals surface area (Å²) in [5.41, 5.74) is 1.57. The third-order valence-corrected chi connectivity index (χ3v) is 4.93. The molecule has 0 amide bonds. The molecule has 1 aromatic heterocycles. The Morgan fingerprint density at radius 1 is 1.37 bits per heavy atom. The quantitative estimate of drug-likeness (QED) is 0.822. The van der Waals surface area contributed by atoms with Gasteiger partial charge in [-0.2, -0.15) is 0 Å². The third-order valence-electron chi connectivity index (χ3n) is 3.91. The van der Waals surface area contributed by atoms with Gasteiger partial charge in [-0.1, -0.05) is 27.2 Å². The Bertz CT molecular complexity index is 373. The second-order valence-corrected chi connectivity index (χ2v) is 7.08. The lowest BCUT2D eigenvalue weighted by Crippen LogP contribution is -2.45. The highest BCUT2D eigenvalue weighted by molar-refractivity contribution is 7.10. The summed E-state index contributed by atoms with van der Waals surface area (Å²) in [5, 5.41) is 5.90. The van der Waals surface area contributed by atoms with Crippen LogP contribution in [0.25, 0.3) is 0 Å². The predicted octanol–water partition coefficient (Wildman–Crippen LogP) is 3.52. The lowest BCUT2D eigenvalue weighted by Gasteiger charge is -2.35. The zero-order chi connectivity index (χ0) is 13.7. The minimum absolute atomic E-state index is 0.705. The van der Waals surface area contributed by atoms with Gasteiger partial charge in [0.15, 0.2) is 0 Å². The van der Waals surface area contributed by atoms with Gasteiger partial charge in [0.1, 0.15) is 0 Å². The van der Waals surface area contributed by atoms with Crippen molar-refractivity contribution < 1.29 is 0 Å². The second-order valence-electron chi connectivity index (χ2n) is 6.08. The van der Waals surface area contributed by atoms with Crippen molar-refractivity contribution in [2.75, 3.05) is 19.6 Å². The van der Waals surface area contributed by atoms with Gasteiger partial charge in [-0.25, -0.2) is 0 Å². The summed E-state index contributed by atoms with van der Waals surface area (Å²) in [7, 11) is 0. The SMILES string of the molecule is CCCC(CNCC(C)C)N1CCc2sccc2C1. The van der Waals surface area contributed by atoms with E-state index >= 15 is 0 Å². The van der Waals surface area contributed by atoms with Crippen LogP contribution in [0, 0.1) is 5.92 Å². The van der Waals surface area contributed by atoms with Gasteiger partial charge < -0.3 is 5.32 Å². The van der Waals surface area contributed by atoms with E-state index in [2.05, 4.69) is 42.4 Å². The Kier molecular flexibility index (Phi) is 5.86. The molecule has 108 valence electrons. The maximum Gasteiger partial charge on any atom is 0.0248 e. The summed E-state index contributed by atoms with van der Waals surface area (Å²) in [6.45, 7) is 11.5. The number of nitrogens with zero attached hydrogens (tertiary/aromatic N) is 1. The summed E-state index contributed by atoms with van der Waals surface area (Å²) in [6, 6.07) is 3.02. The van der Waals surface area contributed by atoms with Crippen LogP contribution >= 0.6 is 11.3 Å². The number of fused-ring (bicyclic) bond motifs is 1. The molecule has 1 N–H and O–H groups in total. The molecule has 2 nitrogen and oxygen atoms in total. The Balaban J connectivity index is 1.88. The molecule has 1 aliphatic heterocycles. The van der Waals surface area contributed by atoms with Gasteiger partial charge in [0, 0.05) is 30.6 Å². The molecule has 1 aromatic rings. The lowest BCUT2D eigenvalue weighted by molar-refractivity contribution is 0.165. The van der Waals surface area contributed by atoms with Crippen LogP contribution < -0.4 is 5.32 Å². The van der Waals surface area contributed by atoms with Gasteiger partial charge in [-0.3, -0.25) is 4.90 Å². The summed E-state index contributed by atoms with van der Waals surface area (Å²) in [4.78, 5) is 4.30. The van der Waals surface area contributed by atoms with Crippen LogP contribution in [0.3, 0.4) is 0 Å². The Labute approximate surface area is 122 Å². The first-order valence-electron chi connectivity index (χ1n) is 7.70. The predicted molar refractivity (Wildman–Crippen MR) is 84.8 cm³/mol. The summed E-state index contributed by atoms with van der Waals surface area (Å²) in [5.74, 6) is 0.743. The van der Waals surface area contributed by atoms with Crippen LogP contribution in [0.4, 0.5) is 0 Å². The molecule has 1 unspecified atom stereocenters. The zero-order valence-corrected chi connectivity index (χ0v) is 13.4. The molecule has 0 fully saturated rings. The van der Waals surface area contributed by atoms with Crippen molar-refractivity contribution >= 4 is 11.3 Å². The highest BCUT2D eigenvalue weighted by Gasteiger charge is 2.23. The van der Waals surface area contributed by atoms with Crippen LogP contribution in [-0.2, 0) is 13.0 Å². The smallest absolute Gasteiger partial charge is 0.0248 e. The maximum atomic E-state index is 3.65. The standard InChI is InChI=1S/C16H28N2S/c1-4-5-15(11-17-10-13(2)3)18-8-6-16-14(12-18)7-9-19-16/h7,9,13,15,17H,4-6,8,10-12H2,1-3H3. The molecule has 1 atom stereocenters. The Morgan fingerprint density at radius 3 is 2.95 bits per heavy atom. The normalized spacial score (nSPS) is 17.7. The molecular weight excluding hydrogens is 252 g/mol. The third kappa shape index (κ3) is 4.30. The molecule has 0 aromatic carbocycles. The zero-order valence-electron chi connectivity index (χ0n) is 12.6. The highest BCUT2D eigenvalue weighted by atomic mass is 32.1. The molecule has 0 saturated carbocycles. The van der Waals surface area contributed by atoms with E-state index in [-0.39, 0.29) is 0 Å². The average Bonchev–Trinajstić information content (AvgIpc) is 2.84. The van der Waals surface area contributed by atoms with E-state index in [0.717, 1.165) is 25.6 Å². The highest BCUT2D eigenvalue weighted by Crippen LogP contribution is 2.26. The topological polar surface area (TPSA) is 15.3 Å². The number of rotatable bonds is 7. The van der Waals surface area contributed by atoms with Crippen LogP contribution in [0.1, 0.15) is 44.1 Å². The Morgan fingerprint density at radius 2 is 2.21 bits per heavy atom. The van der Waals surface area contributed by atoms with E-state index in [1.165, 1.54) is 25.8 Å². The number of hydrogen-bond acceptors (Lipinski definition) is 3. The number of nitrogens with one attached hydrogen (secondary N) is 1. The van der Waals surface area contributed by atoms with E-state index in [0.29, 0.717) is 6.04 Å². The average molecular weight is 280 g/mol. The first-order chi connectivity index (χ1) is 9.20. The molecule has 0 saturated heterocycles. The van der Waals surface area contributed by atoms with Crippen LogP contribution in [-0.4, -0.2) is 30.6 Å². The summed E-state index contributed by atoms with van der Waals surface area (Å²) >= 11 is 1.93. The first kappa shape index (κ1) is 15.0. The van der Waals surface area contributed by atoms with E-state index in [1.807, 2.05) is 11.3 Å². The van der Waals surface area contributed by atoms with E-state index < -0.39 is 0 Å². The van der Waals surface area contributed by atoms with Crippen molar-refractivity contribution in [3.63, 3.8) is 0 Å². The fourth-order valence-electron chi connectivity index (χ4n) is 2.87. The lowest BCUT2D eigenvalue weighted by atomic mass is 10.0. The minimum Gasteiger partial charge on any atom is -0.315 e. The largest absolute Gasteiger partial charge is 0.315 e.